The smallest absolute Gasteiger partial charge is 0.191 e. The largest absolute Gasteiger partial charge is 0.357 e. The Morgan fingerprint density at radius 3 is 2.82 bits per heavy atom. The first kappa shape index (κ1) is 16.7. The van der Waals surface area contributed by atoms with Crippen molar-refractivity contribution in [1.82, 2.24) is 15.5 Å². The predicted molar refractivity (Wildman–Crippen MR) is 85.2 cm³/mol. The second-order valence-corrected chi connectivity index (χ2v) is 4.17. The van der Waals surface area contributed by atoms with Gasteiger partial charge in [0, 0.05) is 19.1 Å². The third kappa shape index (κ3) is 6.26. The Morgan fingerprint density at radius 1 is 1.53 bits per heavy atom. The van der Waals surface area contributed by atoms with E-state index in [1.807, 2.05) is 6.08 Å². The molecule has 0 spiro atoms. The van der Waals surface area contributed by atoms with E-state index in [0.717, 1.165) is 25.6 Å². The van der Waals surface area contributed by atoms with E-state index in [1.54, 1.807) is 0 Å². The number of hydrogen-bond acceptors (Lipinski definition) is 2. The number of likely N-dealkylation sites (N-methyl/N-ethyl adjacent to an activating group) is 1. The number of aliphatic imine (C=N–C) groups is 1. The molecule has 1 heterocycles. The molecule has 0 aliphatic carbocycles. The highest BCUT2D eigenvalue weighted by Crippen LogP contribution is 2.14. The van der Waals surface area contributed by atoms with Crippen LogP contribution in [0.4, 0.5) is 0 Å². The number of hydrogen-bond donors (Lipinski definition) is 2. The average molecular weight is 352 g/mol. The van der Waals surface area contributed by atoms with E-state index in [0.29, 0.717) is 6.04 Å². The molecule has 0 aromatic heterocycles. The fourth-order valence-electron chi connectivity index (χ4n) is 1.92. The van der Waals surface area contributed by atoms with Crippen LogP contribution in [-0.4, -0.2) is 50.1 Å². The Bertz CT molecular complexity index is 243. The molecule has 0 saturated carbocycles. The van der Waals surface area contributed by atoms with Crippen LogP contribution in [0.2, 0.25) is 0 Å². The van der Waals surface area contributed by atoms with Gasteiger partial charge in [0.1, 0.15) is 0 Å². The van der Waals surface area contributed by atoms with Gasteiger partial charge in [-0.1, -0.05) is 6.08 Å². The molecule has 0 amide bonds. The molecule has 0 aromatic carbocycles. The Labute approximate surface area is 122 Å². The van der Waals surface area contributed by atoms with Crippen molar-refractivity contribution in [2.24, 2.45) is 4.99 Å². The zero-order chi connectivity index (χ0) is 11.8. The molecule has 1 saturated heterocycles. The van der Waals surface area contributed by atoms with Crippen molar-refractivity contribution < 1.29 is 0 Å². The van der Waals surface area contributed by atoms with E-state index in [1.165, 1.54) is 19.4 Å². The van der Waals surface area contributed by atoms with Crippen LogP contribution in [-0.2, 0) is 0 Å². The minimum atomic E-state index is 0. The summed E-state index contributed by atoms with van der Waals surface area (Å²) >= 11 is 0. The molecule has 100 valence electrons. The van der Waals surface area contributed by atoms with Gasteiger partial charge in [0.05, 0.1) is 6.54 Å². The minimum Gasteiger partial charge on any atom is -0.357 e. The van der Waals surface area contributed by atoms with Crippen molar-refractivity contribution in [2.45, 2.75) is 25.8 Å². The molecule has 1 unspecified atom stereocenters. The lowest BCUT2D eigenvalue weighted by atomic mass is 10.2. The first-order valence-corrected chi connectivity index (χ1v) is 6.11. The third-order valence-corrected chi connectivity index (χ3v) is 2.89. The fraction of sp³-hybridized carbons (Fsp3) is 0.750. The van der Waals surface area contributed by atoms with Gasteiger partial charge in [0.15, 0.2) is 5.96 Å². The van der Waals surface area contributed by atoms with Gasteiger partial charge < -0.3 is 15.5 Å². The maximum absolute atomic E-state index is 4.59. The average Bonchev–Trinajstić information content (AvgIpc) is 2.68. The second kappa shape index (κ2) is 9.70. The Hall–Kier alpha value is -0.300. The standard InChI is InChI=1S/C12H24N4.HI/c1-4-8-14-12(13-5-2)15-10-11-7-6-9-16(11)3;/h4,11H,1,5-10H2,2-3H3,(H2,13,14,15);1H. The first-order valence-electron chi connectivity index (χ1n) is 6.11. The number of halogens is 1. The number of guanidine groups is 1. The van der Waals surface area contributed by atoms with Crippen molar-refractivity contribution in [1.29, 1.82) is 0 Å². The van der Waals surface area contributed by atoms with E-state index < -0.39 is 0 Å². The highest BCUT2D eigenvalue weighted by atomic mass is 127. The highest BCUT2D eigenvalue weighted by Gasteiger charge is 2.20. The third-order valence-electron chi connectivity index (χ3n) is 2.89. The zero-order valence-corrected chi connectivity index (χ0v) is 13.2. The second-order valence-electron chi connectivity index (χ2n) is 4.17. The van der Waals surface area contributed by atoms with Crippen LogP contribution in [0.1, 0.15) is 19.8 Å². The molecule has 0 bridgehead atoms. The summed E-state index contributed by atoms with van der Waals surface area (Å²) in [7, 11) is 2.18. The van der Waals surface area contributed by atoms with Gasteiger partial charge in [-0.2, -0.15) is 0 Å². The van der Waals surface area contributed by atoms with E-state index in [9.17, 15) is 0 Å². The van der Waals surface area contributed by atoms with Crippen LogP contribution in [0.15, 0.2) is 17.6 Å². The quantitative estimate of drug-likeness (QED) is 0.341. The molecule has 1 rings (SSSR count). The normalized spacial score (nSPS) is 20.8. The molecule has 1 aliphatic heterocycles. The lowest BCUT2D eigenvalue weighted by molar-refractivity contribution is 0.317. The van der Waals surface area contributed by atoms with Gasteiger partial charge in [-0.05, 0) is 33.4 Å². The van der Waals surface area contributed by atoms with Crippen LogP contribution in [0, 0.1) is 0 Å². The molecule has 2 N–H and O–H groups in total. The maximum Gasteiger partial charge on any atom is 0.191 e. The maximum atomic E-state index is 4.59. The zero-order valence-electron chi connectivity index (χ0n) is 10.9. The van der Waals surface area contributed by atoms with E-state index in [2.05, 4.69) is 41.1 Å². The Balaban J connectivity index is 0.00000256. The molecule has 1 atom stereocenters. The number of likely N-dealkylation sites (tertiary alicyclic amines) is 1. The summed E-state index contributed by atoms with van der Waals surface area (Å²) < 4.78 is 0. The Morgan fingerprint density at radius 2 is 2.29 bits per heavy atom. The number of nitrogens with one attached hydrogen (secondary N) is 2. The topological polar surface area (TPSA) is 39.7 Å². The van der Waals surface area contributed by atoms with Gasteiger partial charge in [-0.25, -0.2) is 0 Å². The van der Waals surface area contributed by atoms with Crippen LogP contribution in [0.3, 0.4) is 0 Å². The summed E-state index contributed by atoms with van der Waals surface area (Å²) in [6.07, 6.45) is 4.41. The highest BCUT2D eigenvalue weighted by molar-refractivity contribution is 14.0. The van der Waals surface area contributed by atoms with Gasteiger partial charge in [-0.3, -0.25) is 4.99 Å². The summed E-state index contributed by atoms with van der Waals surface area (Å²) in [6, 6.07) is 0.610. The fourth-order valence-corrected chi connectivity index (χ4v) is 1.92. The lowest BCUT2D eigenvalue weighted by Gasteiger charge is -2.18. The van der Waals surface area contributed by atoms with Crippen LogP contribution < -0.4 is 10.6 Å². The van der Waals surface area contributed by atoms with Crippen molar-refractivity contribution in [3.05, 3.63) is 12.7 Å². The van der Waals surface area contributed by atoms with Crippen molar-refractivity contribution in [2.75, 3.05) is 33.2 Å². The summed E-state index contributed by atoms with van der Waals surface area (Å²) in [6.45, 7) is 9.50. The summed E-state index contributed by atoms with van der Waals surface area (Å²) in [4.78, 5) is 6.98. The molecular weight excluding hydrogens is 327 g/mol. The molecule has 1 aliphatic rings. The molecular formula is C12H25IN4. The van der Waals surface area contributed by atoms with Crippen LogP contribution in [0.5, 0.6) is 0 Å². The van der Waals surface area contributed by atoms with Gasteiger partial charge >= 0.3 is 0 Å². The summed E-state index contributed by atoms with van der Waals surface area (Å²) in [5.41, 5.74) is 0. The molecule has 4 nitrogen and oxygen atoms in total. The van der Waals surface area contributed by atoms with Crippen molar-refractivity contribution >= 4 is 29.9 Å². The van der Waals surface area contributed by atoms with Gasteiger partial charge in [0.2, 0.25) is 0 Å². The molecule has 0 aromatic rings. The molecule has 1 fully saturated rings. The lowest BCUT2D eigenvalue weighted by Crippen LogP contribution is -2.38. The summed E-state index contributed by atoms with van der Waals surface area (Å²) in [5, 5.41) is 6.44. The monoisotopic (exact) mass is 352 g/mol. The first-order chi connectivity index (χ1) is 7.77. The molecule has 0 radical (unpaired) electrons. The van der Waals surface area contributed by atoms with Crippen LogP contribution in [0.25, 0.3) is 0 Å². The van der Waals surface area contributed by atoms with Crippen molar-refractivity contribution in [3.63, 3.8) is 0 Å². The number of rotatable bonds is 5. The molecule has 17 heavy (non-hydrogen) atoms. The minimum absolute atomic E-state index is 0. The van der Waals surface area contributed by atoms with Crippen LogP contribution >= 0.6 is 24.0 Å². The van der Waals surface area contributed by atoms with Gasteiger partial charge in [0.25, 0.3) is 0 Å². The molecule has 5 heteroatoms. The Kier molecular flexibility index (Phi) is 9.53. The summed E-state index contributed by atoms with van der Waals surface area (Å²) in [5.74, 6) is 0.891. The predicted octanol–water partition coefficient (Wildman–Crippen LogP) is 1.44. The number of nitrogens with zero attached hydrogens (tertiary/aromatic N) is 2. The van der Waals surface area contributed by atoms with E-state index in [4.69, 9.17) is 0 Å². The van der Waals surface area contributed by atoms with E-state index in [-0.39, 0.29) is 24.0 Å². The van der Waals surface area contributed by atoms with Crippen molar-refractivity contribution in [3.8, 4) is 0 Å². The van der Waals surface area contributed by atoms with Gasteiger partial charge in [-0.15, -0.1) is 30.6 Å². The SMILES string of the molecule is C=CCNC(=NCC1CCCN1C)NCC.I. The van der Waals surface area contributed by atoms with E-state index >= 15 is 0 Å².